The van der Waals surface area contributed by atoms with Crippen LogP contribution in [-0.2, 0) is 0 Å². The Balaban J connectivity index is 2.70. The van der Waals surface area contributed by atoms with Crippen LogP contribution in [0.1, 0.15) is 20.7 Å². The molecule has 0 saturated heterocycles. The number of methoxy groups -OCH3 is 2. The molecule has 0 aromatic heterocycles. The van der Waals surface area contributed by atoms with Crippen LogP contribution in [0.15, 0.2) is 30.3 Å². The van der Waals surface area contributed by atoms with E-state index < -0.39 is 0 Å². The van der Waals surface area contributed by atoms with Gasteiger partial charge in [0.15, 0.2) is 11.5 Å². The van der Waals surface area contributed by atoms with Crippen molar-refractivity contribution in [3.8, 4) is 28.4 Å². The van der Waals surface area contributed by atoms with Gasteiger partial charge >= 0.3 is 0 Å². The molecule has 0 atom stereocenters. The molecule has 21 heavy (non-hydrogen) atoms. The van der Waals surface area contributed by atoms with Crippen molar-refractivity contribution in [1.82, 2.24) is 0 Å². The lowest BCUT2D eigenvalue weighted by Gasteiger charge is -2.12. The van der Waals surface area contributed by atoms with Gasteiger partial charge in [-0.25, -0.2) is 0 Å². The number of aromatic hydroxyl groups is 1. The highest BCUT2D eigenvalue weighted by molar-refractivity contribution is 5.86. The predicted molar refractivity (Wildman–Crippen MR) is 77.4 cm³/mol. The topological polar surface area (TPSA) is 72.8 Å². The summed E-state index contributed by atoms with van der Waals surface area (Å²) in [5.74, 6) is 0.558. The van der Waals surface area contributed by atoms with Gasteiger partial charge in [0.1, 0.15) is 18.3 Å². The van der Waals surface area contributed by atoms with Crippen molar-refractivity contribution in [3.63, 3.8) is 0 Å². The lowest BCUT2D eigenvalue weighted by Crippen LogP contribution is -1.93. The predicted octanol–water partition coefficient (Wildman–Crippen LogP) is 2.70. The van der Waals surface area contributed by atoms with Gasteiger partial charge in [0.25, 0.3) is 0 Å². The van der Waals surface area contributed by atoms with Crippen LogP contribution in [0.5, 0.6) is 17.2 Å². The molecule has 0 radical (unpaired) electrons. The number of phenols is 1. The summed E-state index contributed by atoms with van der Waals surface area (Å²) in [6.07, 6.45) is 1.34. The SMILES string of the molecule is COc1cc(C=O)cc(-c2cc(C=O)cc(OC)c2O)c1. The first-order valence-electron chi connectivity index (χ1n) is 6.13. The highest BCUT2D eigenvalue weighted by Gasteiger charge is 2.14. The van der Waals surface area contributed by atoms with Crippen molar-refractivity contribution in [3.05, 3.63) is 41.5 Å². The number of hydrogen-bond donors (Lipinski definition) is 1. The Bertz CT molecular complexity index is 691. The summed E-state index contributed by atoms with van der Waals surface area (Å²) >= 11 is 0. The first kappa shape index (κ1) is 14.6. The normalized spacial score (nSPS) is 10.0. The number of phenolic OH excluding ortho intramolecular Hbond substituents is 1. The summed E-state index contributed by atoms with van der Waals surface area (Å²) < 4.78 is 10.2. The second-order valence-corrected chi connectivity index (χ2v) is 4.35. The smallest absolute Gasteiger partial charge is 0.165 e. The molecular weight excluding hydrogens is 272 g/mol. The summed E-state index contributed by atoms with van der Waals surface area (Å²) in [7, 11) is 2.88. The van der Waals surface area contributed by atoms with Crippen LogP contribution >= 0.6 is 0 Å². The molecule has 0 saturated carbocycles. The molecule has 0 aliphatic carbocycles. The maximum atomic E-state index is 11.0. The standard InChI is InChI=1S/C16H14O5/c1-20-13-4-10(8-17)3-12(7-13)14-5-11(9-18)6-15(21-2)16(14)19/h3-9,19H,1-2H3. The fourth-order valence-electron chi connectivity index (χ4n) is 2.04. The zero-order valence-electron chi connectivity index (χ0n) is 11.6. The van der Waals surface area contributed by atoms with Crippen LogP contribution in [0, 0.1) is 0 Å². The van der Waals surface area contributed by atoms with E-state index in [4.69, 9.17) is 9.47 Å². The summed E-state index contributed by atoms with van der Waals surface area (Å²) in [6, 6.07) is 7.80. The first-order chi connectivity index (χ1) is 10.1. The molecule has 0 heterocycles. The largest absolute Gasteiger partial charge is 0.504 e. The quantitative estimate of drug-likeness (QED) is 0.855. The monoisotopic (exact) mass is 286 g/mol. The minimum atomic E-state index is -0.104. The summed E-state index contributed by atoms with van der Waals surface area (Å²) in [4.78, 5) is 22.0. The number of ether oxygens (including phenoxy) is 2. The molecule has 2 aromatic carbocycles. The molecule has 1 N–H and O–H groups in total. The molecule has 2 rings (SSSR count). The molecule has 0 aliphatic rings. The van der Waals surface area contributed by atoms with Gasteiger partial charge in [0, 0.05) is 16.7 Å². The van der Waals surface area contributed by atoms with Gasteiger partial charge in [-0.05, 0) is 35.9 Å². The lowest BCUT2D eigenvalue weighted by molar-refractivity contribution is 0.111. The van der Waals surface area contributed by atoms with Gasteiger partial charge in [-0.1, -0.05) is 0 Å². The van der Waals surface area contributed by atoms with E-state index in [9.17, 15) is 14.7 Å². The molecule has 5 heteroatoms. The lowest BCUT2D eigenvalue weighted by atomic mass is 9.99. The van der Waals surface area contributed by atoms with E-state index in [1.54, 1.807) is 18.2 Å². The zero-order valence-corrected chi connectivity index (χ0v) is 11.6. The Labute approximate surface area is 121 Å². The van der Waals surface area contributed by atoms with Gasteiger partial charge in [-0.3, -0.25) is 9.59 Å². The van der Waals surface area contributed by atoms with Gasteiger partial charge in [0.05, 0.1) is 14.2 Å². The number of carbonyl (C=O) groups is 2. The Kier molecular flexibility index (Phi) is 4.23. The van der Waals surface area contributed by atoms with E-state index in [-0.39, 0.29) is 11.5 Å². The number of hydrogen-bond acceptors (Lipinski definition) is 5. The van der Waals surface area contributed by atoms with Gasteiger partial charge < -0.3 is 14.6 Å². The average Bonchev–Trinajstić information content (AvgIpc) is 2.54. The van der Waals surface area contributed by atoms with Crippen molar-refractivity contribution in [1.29, 1.82) is 0 Å². The third kappa shape index (κ3) is 2.86. The minimum Gasteiger partial charge on any atom is -0.504 e. The van der Waals surface area contributed by atoms with Crippen LogP contribution in [0.4, 0.5) is 0 Å². The average molecular weight is 286 g/mol. The van der Waals surface area contributed by atoms with Gasteiger partial charge in [-0.2, -0.15) is 0 Å². The second kappa shape index (κ2) is 6.09. The highest BCUT2D eigenvalue weighted by Crippen LogP contribution is 2.39. The number of rotatable bonds is 5. The third-order valence-corrected chi connectivity index (χ3v) is 3.06. The Morgan fingerprint density at radius 3 is 2.14 bits per heavy atom. The van der Waals surface area contributed by atoms with Crippen LogP contribution in [0.3, 0.4) is 0 Å². The fraction of sp³-hybridized carbons (Fsp3) is 0.125. The van der Waals surface area contributed by atoms with Crippen molar-refractivity contribution in [2.45, 2.75) is 0 Å². The molecule has 0 fully saturated rings. The molecular formula is C16H14O5. The van der Waals surface area contributed by atoms with Crippen molar-refractivity contribution < 1.29 is 24.2 Å². The Morgan fingerprint density at radius 1 is 0.905 bits per heavy atom. The van der Waals surface area contributed by atoms with Crippen LogP contribution in [0.2, 0.25) is 0 Å². The molecule has 5 nitrogen and oxygen atoms in total. The van der Waals surface area contributed by atoms with E-state index in [0.29, 0.717) is 40.6 Å². The van der Waals surface area contributed by atoms with Crippen LogP contribution in [0.25, 0.3) is 11.1 Å². The molecule has 0 unspecified atom stereocenters. The Hall–Kier alpha value is -2.82. The van der Waals surface area contributed by atoms with Gasteiger partial charge in [-0.15, -0.1) is 0 Å². The first-order valence-corrected chi connectivity index (χ1v) is 6.13. The maximum absolute atomic E-state index is 11.0. The minimum absolute atomic E-state index is 0.104. The van der Waals surface area contributed by atoms with E-state index in [1.807, 2.05) is 0 Å². The maximum Gasteiger partial charge on any atom is 0.165 e. The second-order valence-electron chi connectivity index (χ2n) is 4.35. The molecule has 0 spiro atoms. The number of aldehydes is 2. The molecule has 2 aromatic rings. The Morgan fingerprint density at radius 2 is 1.57 bits per heavy atom. The molecule has 0 aliphatic heterocycles. The number of carbonyl (C=O) groups excluding carboxylic acids is 2. The molecule has 108 valence electrons. The molecule has 0 bridgehead atoms. The van der Waals surface area contributed by atoms with Crippen molar-refractivity contribution in [2.24, 2.45) is 0 Å². The molecule has 0 amide bonds. The summed E-state index contributed by atoms with van der Waals surface area (Å²) in [6.45, 7) is 0. The van der Waals surface area contributed by atoms with Crippen molar-refractivity contribution in [2.75, 3.05) is 14.2 Å². The number of benzene rings is 2. The highest BCUT2D eigenvalue weighted by atomic mass is 16.5. The van der Waals surface area contributed by atoms with Gasteiger partial charge in [0.2, 0.25) is 0 Å². The van der Waals surface area contributed by atoms with E-state index in [0.717, 1.165) is 0 Å². The van der Waals surface area contributed by atoms with Crippen molar-refractivity contribution >= 4 is 12.6 Å². The summed E-state index contributed by atoms with van der Waals surface area (Å²) in [5, 5.41) is 10.2. The van der Waals surface area contributed by atoms with Crippen LogP contribution in [-0.4, -0.2) is 31.9 Å². The third-order valence-electron chi connectivity index (χ3n) is 3.06. The van der Waals surface area contributed by atoms with Crippen LogP contribution < -0.4 is 9.47 Å². The summed E-state index contributed by atoms with van der Waals surface area (Å²) in [5.41, 5.74) is 1.70. The van der Waals surface area contributed by atoms with E-state index >= 15 is 0 Å². The zero-order chi connectivity index (χ0) is 15.4. The van der Waals surface area contributed by atoms with E-state index in [1.165, 1.54) is 26.4 Å². The van der Waals surface area contributed by atoms with E-state index in [2.05, 4.69) is 0 Å². The fourth-order valence-corrected chi connectivity index (χ4v) is 2.04.